The molecule has 0 aliphatic heterocycles. The normalized spacial score (nSPS) is 11.1. The quantitative estimate of drug-likeness (QED) is 0.877. The fourth-order valence-electron chi connectivity index (χ4n) is 1.97. The van der Waals surface area contributed by atoms with Crippen molar-refractivity contribution < 1.29 is 9.26 Å². The van der Waals surface area contributed by atoms with E-state index in [-0.39, 0.29) is 12.5 Å². The van der Waals surface area contributed by atoms with Crippen LogP contribution in [-0.4, -0.2) is 16.7 Å². The SMILES string of the molecule is Cc1cccc(CCN)c1OCc1nc(C(C)C)no1. The molecule has 20 heavy (non-hydrogen) atoms. The first-order valence-electron chi connectivity index (χ1n) is 6.85. The molecule has 0 saturated carbocycles. The molecule has 5 heteroatoms. The van der Waals surface area contributed by atoms with E-state index < -0.39 is 0 Å². The van der Waals surface area contributed by atoms with Crippen LogP contribution in [0.25, 0.3) is 0 Å². The summed E-state index contributed by atoms with van der Waals surface area (Å²) < 4.78 is 11.0. The van der Waals surface area contributed by atoms with Crippen LogP contribution in [0.15, 0.2) is 22.7 Å². The molecule has 0 aliphatic carbocycles. The van der Waals surface area contributed by atoms with Gasteiger partial charge in [-0.15, -0.1) is 0 Å². The van der Waals surface area contributed by atoms with Crippen molar-refractivity contribution in [3.05, 3.63) is 41.0 Å². The number of hydrogen-bond donors (Lipinski definition) is 1. The first kappa shape index (κ1) is 14.5. The highest BCUT2D eigenvalue weighted by Crippen LogP contribution is 2.24. The molecule has 1 aromatic carbocycles. The van der Waals surface area contributed by atoms with Gasteiger partial charge < -0.3 is 15.0 Å². The van der Waals surface area contributed by atoms with Gasteiger partial charge in [0.15, 0.2) is 12.4 Å². The number of ether oxygens (including phenoxy) is 1. The maximum Gasteiger partial charge on any atom is 0.264 e. The Labute approximate surface area is 119 Å². The molecule has 0 spiro atoms. The van der Waals surface area contributed by atoms with Gasteiger partial charge in [0.05, 0.1) is 0 Å². The predicted molar refractivity (Wildman–Crippen MR) is 76.7 cm³/mol. The van der Waals surface area contributed by atoms with Crippen LogP contribution in [0.3, 0.4) is 0 Å². The van der Waals surface area contributed by atoms with Gasteiger partial charge in [0, 0.05) is 5.92 Å². The third-order valence-electron chi connectivity index (χ3n) is 3.05. The van der Waals surface area contributed by atoms with Gasteiger partial charge >= 0.3 is 0 Å². The zero-order valence-corrected chi connectivity index (χ0v) is 12.2. The van der Waals surface area contributed by atoms with E-state index in [1.807, 2.05) is 39.0 Å². The molecule has 0 saturated heterocycles. The lowest BCUT2D eigenvalue weighted by atomic mass is 10.1. The molecule has 0 unspecified atom stereocenters. The van der Waals surface area contributed by atoms with Gasteiger partial charge in [0.25, 0.3) is 5.89 Å². The Morgan fingerprint density at radius 3 is 2.80 bits per heavy atom. The second-order valence-corrected chi connectivity index (χ2v) is 5.09. The average Bonchev–Trinajstić information content (AvgIpc) is 2.87. The van der Waals surface area contributed by atoms with Crippen molar-refractivity contribution in [1.29, 1.82) is 0 Å². The van der Waals surface area contributed by atoms with Gasteiger partial charge in [-0.25, -0.2) is 0 Å². The minimum atomic E-state index is 0.249. The van der Waals surface area contributed by atoms with E-state index in [1.54, 1.807) is 0 Å². The lowest BCUT2D eigenvalue weighted by molar-refractivity contribution is 0.239. The smallest absolute Gasteiger partial charge is 0.264 e. The number of aryl methyl sites for hydroxylation is 1. The van der Waals surface area contributed by atoms with Crippen LogP contribution in [0.4, 0.5) is 0 Å². The summed E-state index contributed by atoms with van der Waals surface area (Å²) in [5, 5.41) is 3.92. The number of benzene rings is 1. The summed E-state index contributed by atoms with van der Waals surface area (Å²) in [6, 6.07) is 6.06. The number of aromatic nitrogens is 2. The minimum absolute atomic E-state index is 0.249. The van der Waals surface area contributed by atoms with Crippen LogP contribution in [0.5, 0.6) is 5.75 Å². The molecule has 2 aromatic rings. The Morgan fingerprint density at radius 1 is 1.35 bits per heavy atom. The number of rotatable bonds is 6. The Balaban J connectivity index is 2.09. The minimum Gasteiger partial charge on any atom is -0.483 e. The summed E-state index contributed by atoms with van der Waals surface area (Å²) >= 11 is 0. The highest BCUT2D eigenvalue weighted by atomic mass is 16.5. The summed E-state index contributed by atoms with van der Waals surface area (Å²) in [6.07, 6.45) is 0.790. The zero-order chi connectivity index (χ0) is 14.5. The topological polar surface area (TPSA) is 74.2 Å². The second-order valence-electron chi connectivity index (χ2n) is 5.09. The second kappa shape index (κ2) is 6.52. The first-order chi connectivity index (χ1) is 9.61. The fraction of sp³-hybridized carbons (Fsp3) is 0.467. The van der Waals surface area contributed by atoms with Crippen LogP contribution in [0, 0.1) is 6.92 Å². The number of hydrogen-bond acceptors (Lipinski definition) is 5. The van der Waals surface area contributed by atoms with Crippen molar-refractivity contribution >= 4 is 0 Å². The molecule has 0 aliphatic rings. The van der Waals surface area contributed by atoms with Crippen molar-refractivity contribution in [2.24, 2.45) is 5.73 Å². The monoisotopic (exact) mass is 275 g/mol. The molecule has 0 radical (unpaired) electrons. The van der Waals surface area contributed by atoms with Gasteiger partial charge in [0.2, 0.25) is 0 Å². The maximum atomic E-state index is 5.85. The molecule has 0 fully saturated rings. The molecule has 0 atom stereocenters. The van der Waals surface area contributed by atoms with E-state index in [4.69, 9.17) is 15.0 Å². The highest BCUT2D eigenvalue weighted by molar-refractivity contribution is 5.40. The molecular weight excluding hydrogens is 254 g/mol. The number of para-hydroxylation sites is 1. The summed E-state index contributed by atoms with van der Waals surface area (Å²) in [6.45, 7) is 6.94. The van der Waals surface area contributed by atoms with E-state index in [0.29, 0.717) is 18.3 Å². The lowest BCUT2D eigenvalue weighted by Crippen LogP contribution is -2.06. The third kappa shape index (κ3) is 3.36. The van der Waals surface area contributed by atoms with E-state index in [9.17, 15) is 0 Å². The molecule has 5 nitrogen and oxygen atoms in total. The fourth-order valence-corrected chi connectivity index (χ4v) is 1.97. The van der Waals surface area contributed by atoms with Crippen LogP contribution in [-0.2, 0) is 13.0 Å². The van der Waals surface area contributed by atoms with Gasteiger partial charge in [-0.2, -0.15) is 4.98 Å². The molecule has 108 valence electrons. The van der Waals surface area contributed by atoms with Gasteiger partial charge in [0.1, 0.15) is 5.75 Å². The number of nitrogens with two attached hydrogens (primary N) is 1. The Morgan fingerprint density at radius 2 is 2.15 bits per heavy atom. The highest BCUT2D eigenvalue weighted by Gasteiger charge is 2.12. The molecule has 1 heterocycles. The third-order valence-corrected chi connectivity index (χ3v) is 3.05. The van der Waals surface area contributed by atoms with Crippen molar-refractivity contribution in [2.75, 3.05) is 6.54 Å². The molecule has 2 rings (SSSR count). The number of nitrogens with zero attached hydrogens (tertiary/aromatic N) is 2. The zero-order valence-electron chi connectivity index (χ0n) is 12.2. The van der Waals surface area contributed by atoms with Crippen molar-refractivity contribution in [3.63, 3.8) is 0 Å². The summed E-state index contributed by atoms with van der Waals surface area (Å²) in [5.74, 6) is 2.31. The molecule has 1 aromatic heterocycles. The Bertz CT molecular complexity index is 564. The van der Waals surface area contributed by atoms with Gasteiger partial charge in [-0.3, -0.25) is 0 Å². The van der Waals surface area contributed by atoms with Crippen LogP contribution < -0.4 is 10.5 Å². The molecule has 2 N–H and O–H groups in total. The van der Waals surface area contributed by atoms with E-state index in [1.165, 1.54) is 0 Å². The van der Waals surface area contributed by atoms with E-state index >= 15 is 0 Å². The molecule has 0 amide bonds. The largest absolute Gasteiger partial charge is 0.483 e. The molecule has 0 bridgehead atoms. The van der Waals surface area contributed by atoms with Gasteiger partial charge in [-0.05, 0) is 31.0 Å². The van der Waals surface area contributed by atoms with Crippen LogP contribution in [0.2, 0.25) is 0 Å². The first-order valence-corrected chi connectivity index (χ1v) is 6.85. The van der Waals surface area contributed by atoms with E-state index in [2.05, 4.69) is 10.1 Å². The summed E-state index contributed by atoms with van der Waals surface area (Å²) in [7, 11) is 0. The molecular formula is C15H21N3O2. The van der Waals surface area contributed by atoms with Crippen molar-refractivity contribution in [1.82, 2.24) is 10.1 Å². The standard InChI is InChI=1S/C15H21N3O2/c1-10(2)15-17-13(20-18-15)9-19-14-11(3)5-4-6-12(14)7-8-16/h4-6,10H,7-9,16H2,1-3H3. The summed E-state index contributed by atoms with van der Waals surface area (Å²) in [4.78, 5) is 4.30. The van der Waals surface area contributed by atoms with Crippen molar-refractivity contribution in [3.8, 4) is 5.75 Å². The van der Waals surface area contributed by atoms with Gasteiger partial charge in [-0.1, -0.05) is 37.2 Å². The van der Waals surface area contributed by atoms with Crippen LogP contribution in [0.1, 0.15) is 42.6 Å². The predicted octanol–water partition coefficient (Wildman–Crippen LogP) is 2.58. The van der Waals surface area contributed by atoms with Crippen LogP contribution >= 0.6 is 0 Å². The van der Waals surface area contributed by atoms with E-state index in [0.717, 1.165) is 23.3 Å². The Kier molecular flexibility index (Phi) is 4.74. The lowest BCUT2D eigenvalue weighted by Gasteiger charge is -2.12. The summed E-state index contributed by atoms with van der Waals surface area (Å²) in [5.41, 5.74) is 7.82. The maximum absolute atomic E-state index is 5.85. The Hall–Kier alpha value is -1.88. The average molecular weight is 275 g/mol. The van der Waals surface area contributed by atoms with Crippen molar-refractivity contribution in [2.45, 2.75) is 39.7 Å².